The van der Waals surface area contributed by atoms with Gasteiger partial charge in [-0.3, -0.25) is 30.3 Å². The second kappa shape index (κ2) is 30.3. The van der Waals surface area contributed by atoms with Gasteiger partial charge in [0.2, 0.25) is 5.82 Å². The van der Waals surface area contributed by atoms with Crippen LogP contribution in [0.15, 0.2) is 91.0 Å². The number of hydrogen-bond acceptors (Lipinski definition) is 19. The molecule has 5 N–H and O–H groups in total. The predicted octanol–water partition coefficient (Wildman–Crippen LogP) is 11.2. The Bertz CT molecular complexity index is 3460. The lowest BCUT2D eigenvalue weighted by Gasteiger charge is -2.49. The normalized spacial score (nSPS) is 21.6. The van der Waals surface area contributed by atoms with Crippen molar-refractivity contribution in [1.82, 2.24) is 0 Å². The van der Waals surface area contributed by atoms with Crippen molar-refractivity contribution < 1.29 is 38.9 Å². The Hall–Kier alpha value is -8.63. The Balaban J connectivity index is 0.000000178. The lowest BCUT2D eigenvalue weighted by Crippen LogP contribution is -2.54. The number of rotatable bonds is 11. The zero-order valence-corrected chi connectivity index (χ0v) is 52.3. The molecule has 88 heavy (non-hydrogen) atoms. The summed E-state index contributed by atoms with van der Waals surface area (Å²) in [4.78, 5) is 34.8. The number of nitriles is 5. The molecular weight excluding hydrogens is 1160 g/mol. The SMILES string of the molecule is CC(C)(C)[Si](C)(C)OC1CC(N2CCCc3ccc(C#N)cc32)C1.N#Cc1ccc([N+](=O)[O-])c(F)c1.N#Cc1ccc([N+](=O)[O-])c(NC2CC(O)C2)c1.N#Cc1ccc([N+](=O)[O-])c(NC2CC(O)C2)c1.N#Cc1ccc2c(c1)N(C1CC(O)C1)CCC2.P. The molecule has 4 fully saturated rings. The Morgan fingerprint density at radius 3 is 1.23 bits per heavy atom. The molecule has 1 atom stereocenters. The molecule has 0 bridgehead atoms. The first-order valence-electron chi connectivity index (χ1n) is 28.9. The molecule has 2 heterocycles. The van der Waals surface area contributed by atoms with Crippen molar-refractivity contribution in [2.45, 2.75) is 165 Å². The Labute approximate surface area is 515 Å². The molecule has 0 radical (unpaired) electrons. The summed E-state index contributed by atoms with van der Waals surface area (Å²) in [5.74, 6) is -0.987. The average molecular weight is 1240 g/mol. The van der Waals surface area contributed by atoms with Crippen molar-refractivity contribution in [2.75, 3.05) is 33.5 Å². The van der Waals surface area contributed by atoms with Gasteiger partial charge in [-0.2, -0.15) is 40.6 Å². The second-order valence-electron chi connectivity index (χ2n) is 24.1. The Morgan fingerprint density at radius 2 is 0.886 bits per heavy atom. The Kier molecular flexibility index (Phi) is 23.6. The highest BCUT2D eigenvalue weighted by molar-refractivity contribution is 6.92. The van der Waals surface area contributed by atoms with E-state index in [0.29, 0.717) is 66.4 Å². The zero-order chi connectivity index (χ0) is 63.3. The highest BCUT2D eigenvalue weighted by Gasteiger charge is 2.44. The second-order valence-corrected chi connectivity index (χ2v) is 28.8. The van der Waals surface area contributed by atoms with Crippen LogP contribution >= 0.6 is 9.90 Å². The molecule has 5 aromatic rings. The summed E-state index contributed by atoms with van der Waals surface area (Å²) in [7, 11) is -1.66. The van der Waals surface area contributed by atoms with Gasteiger partial charge in [0.25, 0.3) is 11.4 Å². The number of fused-ring (bicyclic) bond motifs is 2. The molecule has 0 spiro atoms. The van der Waals surface area contributed by atoms with Crippen molar-refractivity contribution in [3.05, 3.63) is 166 Å². The monoisotopic (exact) mass is 1240 g/mol. The Morgan fingerprint density at radius 1 is 0.545 bits per heavy atom. The topological polar surface area (TPSA) is 349 Å². The summed E-state index contributed by atoms with van der Waals surface area (Å²) >= 11 is 0. The molecule has 0 aromatic heterocycles. The van der Waals surface area contributed by atoms with E-state index in [1.54, 1.807) is 6.07 Å². The van der Waals surface area contributed by atoms with E-state index >= 15 is 0 Å². The average Bonchev–Trinajstić information content (AvgIpc) is 1.62. The smallest absolute Gasteiger partial charge is 0.304 e. The number of nitro groups is 3. The largest absolute Gasteiger partial charge is 0.414 e. The van der Waals surface area contributed by atoms with E-state index in [4.69, 9.17) is 35.7 Å². The molecule has 1 unspecified atom stereocenters. The van der Waals surface area contributed by atoms with Crippen LogP contribution in [0.3, 0.4) is 0 Å². The van der Waals surface area contributed by atoms with E-state index < -0.39 is 34.6 Å². The van der Waals surface area contributed by atoms with Gasteiger partial charge in [0, 0.05) is 72.9 Å². The number of benzene rings is 5. The highest BCUT2D eigenvalue weighted by atomic mass is 31.0. The highest BCUT2D eigenvalue weighted by Crippen LogP contribution is 2.43. The van der Waals surface area contributed by atoms with Crippen LogP contribution in [0.2, 0.25) is 18.1 Å². The lowest BCUT2D eigenvalue weighted by molar-refractivity contribution is -0.387. The van der Waals surface area contributed by atoms with Crippen molar-refractivity contribution in [3.8, 4) is 30.3 Å². The molecule has 5 aromatic carbocycles. The van der Waals surface area contributed by atoms with E-state index in [0.717, 1.165) is 74.9 Å². The molecule has 0 amide bonds. The fourth-order valence-corrected chi connectivity index (χ4v) is 12.1. The van der Waals surface area contributed by atoms with Crippen molar-refractivity contribution in [2.24, 2.45) is 0 Å². The summed E-state index contributed by atoms with van der Waals surface area (Å²) in [6.07, 6.45) is 10.6. The third-order valence-electron chi connectivity index (χ3n) is 16.9. The molecule has 462 valence electrons. The lowest BCUT2D eigenvalue weighted by atomic mass is 9.85. The van der Waals surface area contributed by atoms with E-state index in [1.165, 1.54) is 77.8 Å². The molecule has 22 nitrogen and oxygen atoms in total. The standard InChI is InChI=1S/C20H30N2OSi.C14H16N2O.2C11H11N3O3.C7H3FN2O2.H3P/c1-20(2,3)24(4,5)23-18-12-17(13-18)22-10-6-7-16-9-8-15(14-21)11-19(16)22;15-9-10-3-4-11-2-1-5-16(14(11)6-10)12-7-13(17)8-12;2*12-6-7-1-2-11(14(16)17)10(3-7)13-8-4-9(15)5-8;8-6-3-5(4-9)1-2-7(6)10(11)12;/h8-9,11,17-18H,6-7,10,12-13H2,1-5H3;3-4,6,12-13,17H,1-2,5,7-8H2;2*1-3,8-9,13,15H,4-5H2;1-3H;1H3. The van der Waals surface area contributed by atoms with Gasteiger partial charge >= 0.3 is 5.69 Å². The van der Waals surface area contributed by atoms with Gasteiger partial charge in [0.15, 0.2) is 8.32 Å². The van der Waals surface area contributed by atoms with Crippen LogP contribution in [0.4, 0.5) is 44.2 Å². The molecule has 2 aliphatic heterocycles. The maximum Gasteiger partial charge on any atom is 0.304 e. The molecule has 11 rings (SSSR count). The number of nitrogens with zero attached hydrogens (tertiary/aromatic N) is 10. The summed E-state index contributed by atoms with van der Waals surface area (Å²) in [6, 6.07) is 34.7. The third-order valence-corrected chi connectivity index (χ3v) is 21.4. The van der Waals surface area contributed by atoms with Crippen LogP contribution in [0.25, 0.3) is 0 Å². The number of anilines is 4. The van der Waals surface area contributed by atoms with Crippen LogP contribution in [0.5, 0.6) is 0 Å². The van der Waals surface area contributed by atoms with Crippen LogP contribution in [0.1, 0.15) is 124 Å². The number of nitro benzene ring substituents is 3. The van der Waals surface area contributed by atoms with Gasteiger partial charge in [-0.25, -0.2) is 0 Å². The first-order chi connectivity index (χ1) is 41.3. The maximum absolute atomic E-state index is 12.7. The van der Waals surface area contributed by atoms with Gasteiger partial charge in [-0.15, -0.1) is 0 Å². The third kappa shape index (κ3) is 17.5. The first kappa shape index (κ1) is 68.5. The van der Waals surface area contributed by atoms with E-state index in [2.05, 4.69) is 84.6 Å². The van der Waals surface area contributed by atoms with Gasteiger partial charge in [0.1, 0.15) is 11.4 Å². The fourth-order valence-electron chi connectivity index (χ4n) is 10.7. The fraction of sp³-hybridized carbons (Fsp3) is 0.444. The predicted molar refractivity (Wildman–Crippen MR) is 338 cm³/mol. The van der Waals surface area contributed by atoms with Crippen molar-refractivity contribution in [1.29, 1.82) is 26.3 Å². The molecule has 25 heteroatoms. The van der Waals surface area contributed by atoms with Gasteiger partial charge in [-0.05, 0) is 167 Å². The van der Waals surface area contributed by atoms with E-state index in [-0.39, 0.29) is 62.3 Å². The quantitative estimate of drug-likeness (QED) is 0.0355. The molecule has 6 aliphatic rings. The van der Waals surface area contributed by atoms with Crippen LogP contribution in [0, 0.1) is 92.8 Å². The summed E-state index contributed by atoms with van der Waals surface area (Å²) in [6.45, 7) is 13.8. The molecule has 4 saturated carbocycles. The summed E-state index contributed by atoms with van der Waals surface area (Å²) in [5, 5.41) is 110. The summed E-state index contributed by atoms with van der Waals surface area (Å²) in [5.41, 5.74) is 7.52. The molecular formula is C63H74FN12O10PSi. The van der Waals surface area contributed by atoms with Crippen LogP contribution < -0.4 is 20.4 Å². The van der Waals surface area contributed by atoms with E-state index in [1.807, 2.05) is 30.3 Å². The summed E-state index contributed by atoms with van der Waals surface area (Å²) < 4.78 is 19.2. The number of halogens is 1. The number of aliphatic hydroxyl groups is 3. The van der Waals surface area contributed by atoms with Gasteiger partial charge in [0.05, 0.1) is 91.2 Å². The minimum absolute atomic E-state index is 0. The van der Waals surface area contributed by atoms with Crippen molar-refractivity contribution in [3.63, 3.8) is 0 Å². The van der Waals surface area contributed by atoms with Crippen LogP contribution in [-0.4, -0.2) is 100 Å². The van der Waals surface area contributed by atoms with Crippen LogP contribution in [-0.2, 0) is 17.3 Å². The molecule has 4 aliphatic carbocycles. The van der Waals surface area contributed by atoms with Crippen molar-refractivity contribution >= 4 is 58.0 Å². The van der Waals surface area contributed by atoms with Gasteiger partial charge in [-0.1, -0.05) is 32.9 Å². The number of nitrogens with one attached hydrogen (secondary N) is 2. The minimum Gasteiger partial charge on any atom is -0.414 e. The number of aryl methyl sites for hydroxylation is 2. The van der Waals surface area contributed by atoms with Gasteiger partial charge < -0.3 is 40.2 Å². The molecule has 0 saturated heterocycles. The van der Waals surface area contributed by atoms with E-state index in [9.17, 15) is 45.1 Å². The first-order valence-corrected chi connectivity index (χ1v) is 31.8. The maximum atomic E-state index is 12.7. The zero-order valence-electron chi connectivity index (χ0n) is 49.9. The number of hydrogen-bond donors (Lipinski definition) is 5. The number of aliphatic hydroxyl groups excluding tert-OH is 3. The minimum atomic E-state index is -1.66.